The maximum absolute atomic E-state index is 12.1. The molecule has 0 saturated heterocycles. The van der Waals surface area contributed by atoms with Gasteiger partial charge in [-0.15, -0.1) is 0 Å². The molecule has 2 aromatic carbocycles. The Labute approximate surface area is 301 Å². The van der Waals surface area contributed by atoms with Crippen LogP contribution in [0.4, 0.5) is 44.5 Å². The number of anilines is 6. The van der Waals surface area contributed by atoms with E-state index in [1.165, 1.54) is 0 Å². The van der Waals surface area contributed by atoms with Crippen molar-refractivity contribution in [3.05, 3.63) is 83.2 Å². The number of nitrogens with one attached hydrogen (secondary N) is 7. The van der Waals surface area contributed by atoms with E-state index in [4.69, 9.17) is 0 Å². The smallest absolute Gasteiger partial charge is 0.376 e. The molecule has 0 atom stereocenters. The molecule has 4 amide bonds. The lowest BCUT2D eigenvalue weighted by molar-refractivity contribution is 0.261. The summed E-state index contributed by atoms with van der Waals surface area (Å²) < 4.78 is 0. The van der Waals surface area contributed by atoms with Gasteiger partial charge in [0, 0.05) is 48.0 Å². The molecule has 0 fully saturated rings. The fraction of sp³-hybridized carbons (Fsp3) is 0.371. The van der Waals surface area contributed by atoms with Gasteiger partial charge in [0.2, 0.25) is 11.9 Å². The van der Waals surface area contributed by atoms with E-state index in [1.807, 2.05) is 107 Å². The Balaban J connectivity index is 0.000000277. The second-order valence-electron chi connectivity index (χ2n) is 12.1. The molecular weight excluding hydrogens is 647 g/mol. The number of urea groups is 2. The molecule has 272 valence electrons. The molecule has 0 saturated carbocycles. The summed E-state index contributed by atoms with van der Waals surface area (Å²) in [5, 5.41) is 29.8. The first kappa shape index (κ1) is 40.1. The Morgan fingerprint density at radius 2 is 1.10 bits per heavy atom. The van der Waals surface area contributed by atoms with Crippen LogP contribution in [0, 0.1) is 27.7 Å². The zero-order valence-corrected chi connectivity index (χ0v) is 30.6. The number of benzene rings is 2. The van der Waals surface area contributed by atoms with Crippen molar-refractivity contribution in [2.45, 2.75) is 47.4 Å². The summed E-state index contributed by atoms with van der Waals surface area (Å²) in [7, 11) is 3.33. The summed E-state index contributed by atoms with van der Waals surface area (Å²) in [6.45, 7) is 12.6. The van der Waals surface area contributed by atoms with Gasteiger partial charge in [-0.2, -0.15) is 9.97 Å². The molecule has 0 unspecified atom stereocenters. The van der Waals surface area contributed by atoms with Crippen LogP contribution in [0.1, 0.15) is 35.4 Å². The normalized spacial score (nSPS) is 10.5. The third-order valence-corrected chi connectivity index (χ3v) is 7.32. The van der Waals surface area contributed by atoms with Crippen LogP contribution in [0.25, 0.3) is 0 Å². The van der Waals surface area contributed by atoms with Crippen LogP contribution in [0.2, 0.25) is 6.82 Å². The first-order valence-electron chi connectivity index (χ1n) is 16.9. The lowest BCUT2D eigenvalue weighted by atomic mass is 9.86. The Kier molecular flexibility index (Phi) is 16.5. The van der Waals surface area contributed by atoms with Crippen molar-refractivity contribution in [2.75, 3.05) is 72.2 Å². The predicted molar refractivity (Wildman–Crippen MR) is 208 cm³/mol. The molecule has 8 N–H and O–H groups in total. The van der Waals surface area contributed by atoms with Gasteiger partial charge in [0.1, 0.15) is 11.6 Å². The second kappa shape index (κ2) is 21.0. The van der Waals surface area contributed by atoms with E-state index in [0.717, 1.165) is 60.7 Å². The molecule has 0 spiro atoms. The van der Waals surface area contributed by atoms with Gasteiger partial charge in [0.15, 0.2) is 0 Å². The molecule has 2 aromatic heterocycles. The fourth-order valence-electron chi connectivity index (χ4n) is 4.44. The highest BCUT2D eigenvalue weighted by Crippen LogP contribution is 2.14. The Morgan fingerprint density at radius 3 is 1.51 bits per heavy atom. The van der Waals surface area contributed by atoms with E-state index in [-0.39, 0.29) is 17.9 Å². The minimum absolute atomic E-state index is 0.239. The van der Waals surface area contributed by atoms with Crippen LogP contribution in [0.5, 0.6) is 0 Å². The van der Waals surface area contributed by atoms with Gasteiger partial charge >= 0.3 is 19.1 Å². The number of rotatable bonds is 15. The van der Waals surface area contributed by atoms with Crippen molar-refractivity contribution in [3.8, 4) is 0 Å². The van der Waals surface area contributed by atoms with Crippen molar-refractivity contribution >= 4 is 54.0 Å². The number of hydrogen-bond acceptors (Lipinski definition) is 11. The topological polar surface area (TPSA) is 193 Å². The number of carbonyl (C=O) groups excluding carboxylic acids is 2. The Bertz CT molecular complexity index is 1670. The van der Waals surface area contributed by atoms with E-state index in [1.54, 1.807) is 6.82 Å². The highest BCUT2D eigenvalue weighted by Gasteiger charge is 2.11. The number of aryl methyl sites for hydroxylation is 4. The SMILES string of the molecule is CB(O)N(C)CCCNc1cc(C)nc(NC(=O)Nc2ccc(C)cc2)n1.CNCCCNc1cc(C)nc(NC(=O)Nc2ccc(C)cc2)n1. The number of nitrogens with zero attached hydrogens (tertiary/aromatic N) is 5. The minimum atomic E-state index is -0.464. The standard InChI is InChI=1S/C18H27BN6O2.C17H24N6O/c1-13-6-8-15(9-7-13)22-18(26)24-17-21-14(2)12-16(23-17)20-10-5-11-25(4)19(3)27;1-12-5-7-14(8-6-12)21-17(24)23-16-20-13(2)11-15(22-16)19-10-4-9-18-3/h6-9,12,27H,5,10-11H2,1-4H3,(H3,20,21,22,23,24,26);5-8,11,18H,4,9-10H2,1-3H3,(H3,19,20,21,22,23,24). The van der Waals surface area contributed by atoms with Gasteiger partial charge in [-0.05, 0) is 98.8 Å². The minimum Gasteiger partial charge on any atom is -0.437 e. The van der Waals surface area contributed by atoms with Gasteiger partial charge in [0.25, 0.3) is 0 Å². The molecule has 4 aromatic rings. The average molecular weight is 699 g/mol. The third-order valence-electron chi connectivity index (χ3n) is 7.32. The summed E-state index contributed by atoms with van der Waals surface area (Å²) >= 11 is 0. The highest BCUT2D eigenvalue weighted by atomic mass is 16.2. The summed E-state index contributed by atoms with van der Waals surface area (Å²) in [6, 6.07) is 18.0. The average Bonchev–Trinajstić information content (AvgIpc) is 3.07. The number of aromatic nitrogens is 4. The van der Waals surface area contributed by atoms with Crippen LogP contribution in [0.15, 0.2) is 60.7 Å². The summed E-state index contributed by atoms with van der Waals surface area (Å²) in [4.78, 5) is 43.2. The zero-order valence-electron chi connectivity index (χ0n) is 30.6. The molecule has 0 aliphatic carbocycles. The van der Waals surface area contributed by atoms with Gasteiger partial charge in [-0.1, -0.05) is 35.4 Å². The van der Waals surface area contributed by atoms with E-state index in [9.17, 15) is 14.6 Å². The molecule has 4 rings (SSSR count). The third kappa shape index (κ3) is 15.8. The Hall–Kier alpha value is -5.32. The lowest BCUT2D eigenvalue weighted by Crippen LogP contribution is -2.34. The van der Waals surface area contributed by atoms with Crippen molar-refractivity contribution in [1.82, 2.24) is 30.1 Å². The van der Waals surface area contributed by atoms with E-state index >= 15 is 0 Å². The van der Waals surface area contributed by atoms with Crippen LogP contribution in [0.3, 0.4) is 0 Å². The molecule has 0 aliphatic heterocycles. The van der Waals surface area contributed by atoms with Gasteiger partial charge in [0.05, 0.1) is 0 Å². The molecule has 2 heterocycles. The zero-order chi connectivity index (χ0) is 37.2. The number of amides is 4. The Morgan fingerprint density at radius 1 is 0.667 bits per heavy atom. The van der Waals surface area contributed by atoms with Crippen LogP contribution >= 0.6 is 0 Å². The van der Waals surface area contributed by atoms with Crippen molar-refractivity contribution < 1.29 is 14.6 Å². The van der Waals surface area contributed by atoms with E-state index in [2.05, 4.69) is 57.2 Å². The van der Waals surface area contributed by atoms with Crippen molar-refractivity contribution in [3.63, 3.8) is 0 Å². The number of carbonyl (C=O) groups is 2. The van der Waals surface area contributed by atoms with Gasteiger partial charge in [-0.3, -0.25) is 10.6 Å². The van der Waals surface area contributed by atoms with Crippen LogP contribution in [-0.4, -0.2) is 89.2 Å². The molecule has 16 heteroatoms. The molecule has 51 heavy (non-hydrogen) atoms. The maximum Gasteiger partial charge on any atom is 0.376 e. The molecule has 15 nitrogen and oxygen atoms in total. The molecule has 0 radical (unpaired) electrons. The van der Waals surface area contributed by atoms with Gasteiger partial charge in [-0.25, -0.2) is 19.6 Å². The first-order chi connectivity index (χ1) is 24.4. The van der Waals surface area contributed by atoms with E-state index in [0.29, 0.717) is 23.9 Å². The first-order valence-corrected chi connectivity index (χ1v) is 16.9. The highest BCUT2D eigenvalue weighted by molar-refractivity contribution is 6.45. The van der Waals surface area contributed by atoms with Crippen LogP contribution < -0.4 is 37.2 Å². The quantitative estimate of drug-likeness (QED) is 0.0590. The van der Waals surface area contributed by atoms with Gasteiger partial charge < -0.3 is 36.4 Å². The summed E-state index contributed by atoms with van der Waals surface area (Å²) in [6.07, 6.45) is 1.83. The van der Waals surface area contributed by atoms with Crippen LogP contribution in [-0.2, 0) is 0 Å². The van der Waals surface area contributed by atoms with Crippen molar-refractivity contribution in [1.29, 1.82) is 0 Å². The maximum atomic E-state index is 12.1. The fourth-order valence-corrected chi connectivity index (χ4v) is 4.44. The lowest BCUT2D eigenvalue weighted by Gasteiger charge is -2.17. The van der Waals surface area contributed by atoms with Crippen molar-refractivity contribution in [2.24, 2.45) is 0 Å². The molecular formula is C35H51BN12O3. The monoisotopic (exact) mass is 698 g/mol. The second-order valence-corrected chi connectivity index (χ2v) is 12.1. The van der Waals surface area contributed by atoms with E-state index < -0.39 is 13.1 Å². The molecule has 0 aliphatic rings. The molecule has 0 bridgehead atoms. The number of hydrogen-bond donors (Lipinski definition) is 8. The summed E-state index contributed by atoms with van der Waals surface area (Å²) in [5.41, 5.74) is 5.21. The summed E-state index contributed by atoms with van der Waals surface area (Å²) in [5.74, 6) is 1.86. The largest absolute Gasteiger partial charge is 0.437 e. The predicted octanol–water partition coefficient (Wildman–Crippen LogP) is 5.34.